The first kappa shape index (κ1) is 18.5. The van der Waals surface area contributed by atoms with E-state index in [1.54, 1.807) is 0 Å². The standard InChI is InChI=1S/C28H26N2/c1-28(2,3)30-26-17-11-10-16-24(26)25-20-23(18-19-27(25)30)29(21-12-6-4-7-13-21)22-14-8-5-9-15-22/h4-20H,1-3H3. The summed E-state index contributed by atoms with van der Waals surface area (Å²) in [4.78, 5) is 2.32. The van der Waals surface area contributed by atoms with Crippen LogP contribution in [0.3, 0.4) is 0 Å². The summed E-state index contributed by atoms with van der Waals surface area (Å²) in [5.74, 6) is 0. The van der Waals surface area contributed by atoms with Crippen molar-refractivity contribution in [1.82, 2.24) is 4.57 Å². The Balaban J connectivity index is 1.79. The molecule has 30 heavy (non-hydrogen) atoms. The van der Waals surface area contributed by atoms with Gasteiger partial charge in [-0.1, -0.05) is 54.6 Å². The van der Waals surface area contributed by atoms with Crippen LogP contribution in [-0.4, -0.2) is 4.57 Å². The van der Waals surface area contributed by atoms with Crippen molar-refractivity contribution in [3.63, 3.8) is 0 Å². The number of aromatic nitrogens is 1. The number of nitrogens with zero attached hydrogens (tertiary/aromatic N) is 2. The molecule has 0 aliphatic rings. The predicted molar refractivity (Wildman–Crippen MR) is 129 cm³/mol. The van der Waals surface area contributed by atoms with Gasteiger partial charge in [0.25, 0.3) is 0 Å². The van der Waals surface area contributed by atoms with Crippen molar-refractivity contribution in [2.75, 3.05) is 4.90 Å². The first-order valence-electron chi connectivity index (χ1n) is 10.5. The summed E-state index contributed by atoms with van der Waals surface area (Å²) in [6.45, 7) is 6.81. The summed E-state index contributed by atoms with van der Waals surface area (Å²) >= 11 is 0. The van der Waals surface area contributed by atoms with Crippen LogP contribution in [0.15, 0.2) is 103 Å². The first-order valence-corrected chi connectivity index (χ1v) is 10.5. The van der Waals surface area contributed by atoms with Crippen molar-refractivity contribution in [2.24, 2.45) is 0 Å². The summed E-state index contributed by atoms with van der Waals surface area (Å²) in [6, 6.07) is 36.7. The van der Waals surface area contributed by atoms with Gasteiger partial charge in [0.1, 0.15) is 0 Å². The van der Waals surface area contributed by atoms with Gasteiger partial charge in [0, 0.05) is 44.4 Å². The van der Waals surface area contributed by atoms with Crippen molar-refractivity contribution in [3.05, 3.63) is 103 Å². The van der Waals surface area contributed by atoms with Crippen LogP contribution in [0.5, 0.6) is 0 Å². The largest absolute Gasteiger partial charge is 0.335 e. The van der Waals surface area contributed by atoms with Crippen LogP contribution in [-0.2, 0) is 5.54 Å². The third-order valence-corrected chi connectivity index (χ3v) is 5.61. The Morgan fingerprint density at radius 1 is 0.533 bits per heavy atom. The third kappa shape index (κ3) is 3.05. The number of hydrogen-bond donors (Lipinski definition) is 0. The van der Waals surface area contributed by atoms with Crippen LogP contribution in [0.2, 0.25) is 0 Å². The van der Waals surface area contributed by atoms with Gasteiger partial charge in [-0.2, -0.15) is 0 Å². The van der Waals surface area contributed by atoms with Crippen LogP contribution < -0.4 is 4.90 Å². The van der Waals surface area contributed by atoms with Gasteiger partial charge >= 0.3 is 0 Å². The monoisotopic (exact) mass is 390 g/mol. The van der Waals surface area contributed by atoms with Crippen LogP contribution in [0, 0.1) is 0 Å². The maximum Gasteiger partial charge on any atom is 0.0497 e. The maximum absolute atomic E-state index is 2.46. The Labute approximate surface area is 178 Å². The van der Waals surface area contributed by atoms with E-state index >= 15 is 0 Å². The van der Waals surface area contributed by atoms with Gasteiger partial charge in [-0.05, 0) is 69.3 Å². The molecule has 0 saturated heterocycles. The molecule has 0 aliphatic carbocycles. The number of para-hydroxylation sites is 3. The van der Waals surface area contributed by atoms with Crippen molar-refractivity contribution in [1.29, 1.82) is 0 Å². The average Bonchev–Trinajstić information content (AvgIpc) is 3.10. The molecule has 0 bridgehead atoms. The molecule has 2 heteroatoms. The fourth-order valence-corrected chi connectivity index (χ4v) is 4.42. The molecule has 0 radical (unpaired) electrons. The molecule has 0 saturated carbocycles. The highest BCUT2D eigenvalue weighted by Crippen LogP contribution is 2.39. The van der Waals surface area contributed by atoms with Gasteiger partial charge in [-0.25, -0.2) is 0 Å². The summed E-state index contributed by atoms with van der Waals surface area (Å²) in [5.41, 5.74) is 6.03. The molecule has 0 N–H and O–H groups in total. The van der Waals surface area contributed by atoms with E-state index in [-0.39, 0.29) is 5.54 Å². The SMILES string of the molecule is CC(C)(C)n1c2ccccc2c2cc(N(c3ccccc3)c3ccccc3)ccc21. The molecule has 1 aromatic heterocycles. The number of fused-ring (bicyclic) bond motifs is 3. The van der Waals surface area contributed by atoms with Crippen molar-refractivity contribution in [3.8, 4) is 0 Å². The topological polar surface area (TPSA) is 8.17 Å². The molecule has 0 amide bonds. The van der Waals surface area contributed by atoms with E-state index in [0.717, 1.165) is 17.1 Å². The lowest BCUT2D eigenvalue weighted by atomic mass is 10.1. The van der Waals surface area contributed by atoms with Gasteiger partial charge in [0.2, 0.25) is 0 Å². The third-order valence-electron chi connectivity index (χ3n) is 5.61. The van der Waals surface area contributed by atoms with Crippen molar-refractivity contribution < 1.29 is 0 Å². The molecule has 148 valence electrons. The highest BCUT2D eigenvalue weighted by atomic mass is 15.1. The molecule has 2 nitrogen and oxygen atoms in total. The fraction of sp³-hybridized carbons (Fsp3) is 0.143. The number of hydrogen-bond acceptors (Lipinski definition) is 1. The molecule has 0 unspecified atom stereocenters. The van der Waals surface area contributed by atoms with Gasteiger partial charge in [0.05, 0.1) is 0 Å². The Kier molecular flexibility index (Phi) is 4.36. The van der Waals surface area contributed by atoms with Crippen molar-refractivity contribution in [2.45, 2.75) is 26.3 Å². The molecule has 0 spiro atoms. The van der Waals surface area contributed by atoms with Gasteiger partial charge in [-0.15, -0.1) is 0 Å². The van der Waals surface area contributed by atoms with Crippen LogP contribution in [0.1, 0.15) is 20.8 Å². The predicted octanol–water partition coefficient (Wildman–Crippen LogP) is 8.02. The normalized spacial score (nSPS) is 11.8. The van der Waals surface area contributed by atoms with Gasteiger partial charge in [-0.3, -0.25) is 0 Å². The maximum atomic E-state index is 2.46. The number of rotatable bonds is 3. The van der Waals surface area contributed by atoms with Gasteiger partial charge in [0.15, 0.2) is 0 Å². The number of anilines is 3. The minimum Gasteiger partial charge on any atom is -0.335 e. The van der Waals surface area contributed by atoms with E-state index < -0.39 is 0 Å². The smallest absolute Gasteiger partial charge is 0.0497 e. The fourth-order valence-electron chi connectivity index (χ4n) is 4.42. The summed E-state index contributed by atoms with van der Waals surface area (Å²) in [5, 5.41) is 2.58. The lowest BCUT2D eigenvalue weighted by molar-refractivity contribution is 0.423. The highest BCUT2D eigenvalue weighted by molar-refractivity contribution is 6.09. The van der Waals surface area contributed by atoms with Crippen LogP contribution in [0.4, 0.5) is 17.1 Å². The van der Waals surface area contributed by atoms with E-state index in [4.69, 9.17) is 0 Å². The zero-order chi connectivity index (χ0) is 20.7. The molecule has 5 rings (SSSR count). The second-order valence-corrected chi connectivity index (χ2v) is 8.73. The van der Waals surface area contributed by atoms with Crippen molar-refractivity contribution >= 4 is 38.9 Å². The Morgan fingerprint density at radius 3 is 1.67 bits per heavy atom. The molecular formula is C28H26N2. The summed E-state index contributed by atoms with van der Waals surface area (Å²) in [6.07, 6.45) is 0. The highest BCUT2D eigenvalue weighted by Gasteiger charge is 2.21. The second kappa shape index (κ2) is 7.07. The van der Waals surface area contributed by atoms with E-state index in [9.17, 15) is 0 Å². The van der Waals surface area contributed by atoms with Crippen LogP contribution >= 0.6 is 0 Å². The second-order valence-electron chi connectivity index (χ2n) is 8.73. The summed E-state index contributed by atoms with van der Waals surface area (Å²) in [7, 11) is 0. The van der Waals surface area contributed by atoms with Crippen LogP contribution in [0.25, 0.3) is 21.8 Å². The quantitative estimate of drug-likeness (QED) is 0.303. The number of benzene rings is 4. The van der Waals surface area contributed by atoms with E-state index in [1.165, 1.54) is 21.8 Å². The zero-order valence-electron chi connectivity index (χ0n) is 17.7. The first-order chi connectivity index (χ1) is 14.5. The molecule has 0 atom stereocenters. The molecule has 0 aliphatic heterocycles. The molecule has 0 fully saturated rings. The molecule has 5 aromatic rings. The van der Waals surface area contributed by atoms with E-state index in [2.05, 4.69) is 133 Å². The minimum absolute atomic E-state index is 0.00141. The lowest BCUT2D eigenvalue weighted by Gasteiger charge is -2.26. The average molecular weight is 391 g/mol. The Hall–Kier alpha value is -3.52. The Morgan fingerprint density at radius 2 is 1.07 bits per heavy atom. The van der Waals surface area contributed by atoms with Gasteiger partial charge < -0.3 is 9.47 Å². The zero-order valence-corrected chi connectivity index (χ0v) is 17.7. The molecule has 4 aromatic carbocycles. The summed E-state index contributed by atoms with van der Waals surface area (Å²) < 4.78 is 2.46. The van der Waals surface area contributed by atoms with E-state index in [0.29, 0.717) is 0 Å². The minimum atomic E-state index is 0.00141. The molecule has 1 heterocycles. The Bertz CT molecular complexity index is 1270. The van der Waals surface area contributed by atoms with E-state index in [1.807, 2.05) is 0 Å². The molecular weight excluding hydrogens is 364 g/mol. The lowest BCUT2D eigenvalue weighted by Crippen LogP contribution is -2.21.